The third-order valence-electron chi connectivity index (χ3n) is 9.74. The Morgan fingerprint density at radius 2 is 1.55 bits per heavy atom. The highest BCUT2D eigenvalue weighted by Crippen LogP contribution is 2.31. The first-order valence-electron chi connectivity index (χ1n) is 16.1. The first kappa shape index (κ1) is 33.4. The van der Waals surface area contributed by atoms with E-state index in [9.17, 15) is 21.6 Å². The Morgan fingerprint density at radius 3 is 2.16 bits per heavy atom. The van der Waals surface area contributed by atoms with Crippen molar-refractivity contribution in [1.82, 2.24) is 9.21 Å². The van der Waals surface area contributed by atoms with Crippen LogP contribution in [0, 0.1) is 11.8 Å². The molecule has 3 fully saturated rings. The zero-order valence-electron chi connectivity index (χ0n) is 25.7. The maximum Gasteiger partial charge on any atom is 0.230 e. The number of amides is 1. The molecule has 3 aliphatic rings. The minimum Gasteiger partial charge on any atom is -0.312 e. The van der Waals surface area contributed by atoms with Gasteiger partial charge in [-0.1, -0.05) is 42.6 Å². The molecule has 0 aromatic heterocycles. The summed E-state index contributed by atoms with van der Waals surface area (Å²) in [4.78, 5) is 18.5. The van der Waals surface area contributed by atoms with Crippen molar-refractivity contribution in [3.05, 3.63) is 59.1 Å². The lowest BCUT2D eigenvalue weighted by molar-refractivity contribution is -0.123. The molecule has 2 aromatic carbocycles. The molecule has 44 heavy (non-hydrogen) atoms. The minimum atomic E-state index is -3.25. The maximum absolute atomic E-state index is 13.7. The second kappa shape index (κ2) is 14.6. The lowest BCUT2D eigenvalue weighted by Gasteiger charge is -2.34. The molecule has 0 atom stereocenters. The van der Waals surface area contributed by atoms with Crippen LogP contribution in [-0.2, 0) is 31.1 Å². The van der Waals surface area contributed by atoms with Crippen molar-refractivity contribution in [3.8, 4) is 0 Å². The molecule has 0 spiro atoms. The third-order valence-corrected chi connectivity index (χ3v) is 13.6. The molecular formula is C33H46ClN3O5S2. The number of sulfonamides is 1. The fourth-order valence-corrected chi connectivity index (χ4v) is 9.98. The van der Waals surface area contributed by atoms with Crippen molar-refractivity contribution in [2.75, 3.05) is 50.4 Å². The average molecular weight is 664 g/mol. The molecule has 5 rings (SSSR count). The van der Waals surface area contributed by atoms with E-state index < -0.39 is 19.9 Å². The SMILES string of the molecule is CS(=O)(=O)N1CCC(C(=O)N(CCCN2CCC(Cc3ccc(S(=O)(=O)C4CCCC4)cc3)CC2)c2cccc(Cl)c2)CC1. The molecule has 11 heteroatoms. The molecule has 0 radical (unpaired) electrons. The smallest absolute Gasteiger partial charge is 0.230 e. The van der Waals surface area contributed by atoms with E-state index in [0.717, 1.165) is 76.7 Å². The highest BCUT2D eigenvalue weighted by Gasteiger charge is 2.33. The number of nitrogens with zero attached hydrogens (tertiary/aromatic N) is 3. The van der Waals surface area contributed by atoms with Gasteiger partial charge in [-0.05, 0) is 113 Å². The summed E-state index contributed by atoms with van der Waals surface area (Å²) in [6.45, 7) is 4.25. The van der Waals surface area contributed by atoms with Crippen LogP contribution in [-0.4, -0.2) is 82.7 Å². The highest BCUT2D eigenvalue weighted by atomic mass is 35.5. The number of carbonyl (C=O) groups is 1. The number of likely N-dealkylation sites (tertiary alicyclic amines) is 1. The summed E-state index contributed by atoms with van der Waals surface area (Å²) in [6, 6.07) is 15.0. The summed E-state index contributed by atoms with van der Waals surface area (Å²) in [5, 5.41) is 0.368. The van der Waals surface area contributed by atoms with E-state index in [4.69, 9.17) is 11.6 Å². The zero-order valence-corrected chi connectivity index (χ0v) is 28.1. The van der Waals surface area contributed by atoms with E-state index in [2.05, 4.69) is 4.90 Å². The Bertz CT molecular complexity index is 1480. The largest absolute Gasteiger partial charge is 0.312 e. The predicted octanol–water partition coefficient (Wildman–Crippen LogP) is 5.41. The summed E-state index contributed by atoms with van der Waals surface area (Å²) in [5.41, 5.74) is 1.99. The first-order valence-corrected chi connectivity index (χ1v) is 19.9. The molecule has 8 nitrogen and oxygen atoms in total. The number of benzene rings is 2. The van der Waals surface area contributed by atoms with E-state index >= 15 is 0 Å². The van der Waals surface area contributed by atoms with Crippen molar-refractivity contribution in [2.24, 2.45) is 11.8 Å². The number of hydrogen-bond acceptors (Lipinski definition) is 6. The Hall–Kier alpha value is -1.98. The van der Waals surface area contributed by atoms with Gasteiger partial charge in [-0.15, -0.1) is 0 Å². The van der Waals surface area contributed by atoms with Crippen molar-refractivity contribution >= 4 is 43.1 Å². The number of sulfone groups is 1. The molecular weight excluding hydrogens is 618 g/mol. The molecule has 2 aromatic rings. The topological polar surface area (TPSA) is 95.1 Å². The fraction of sp³-hybridized carbons (Fsp3) is 0.606. The van der Waals surface area contributed by atoms with Gasteiger partial charge >= 0.3 is 0 Å². The molecule has 0 bridgehead atoms. The molecule has 1 amide bonds. The molecule has 2 heterocycles. The van der Waals surface area contributed by atoms with Crippen LogP contribution >= 0.6 is 11.6 Å². The van der Waals surface area contributed by atoms with Crippen molar-refractivity contribution in [1.29, 1.82) is 0 Å². The Balaban J connectivity index is 1.10. The van der Waals surface area contributed by atoms with Crippen LogP contribution in [0.1, 0.15) is 63.4 Å². The van der Waals surface area contributed by atoms with Gasteiger partial charge in [-0.25, -0.2) is 21.1 Å². The highest BCUT2D eigenvalue weighted by molar-refractivity contribution is 7.92. The van der Waals surface area contributed by atoms with Gasteiger partial charge in [0.2, 0.25) is 15.9 Å². The Labute approximate surface area is 268 Å². The zero-order chi connectivity index (χ0) is 31.3. The monoisotopic (exact) mass is 663 g/mol. The van der Waals surface area contributed by atoms with Crippen LogP contribution in [0.15, 0.2) is 53.4 Å². The van der Waals surface area contributed by atoms with E-state index in [1.807, 2.05) is 35.2 Å². The molecule has 0 unspecified atom stereocenters. The molecule has 242 valence electrons. The average Bonchev–Trinajstić information content (AvgIpc) is 3.56. The number of halogens is 1. The van der Waals surface area contributed by atoms with Gasteiger partial charge in [0.15, 0.2) is 9.84 Å². The van der Waals surface area contributed by atoms with Crippen LogP contribution in [0.2, 0.25) is 5.02 Å². The predicted molar refractivity (Wildman–Crippen MR) is 176 cm³/mol. The van der Waals surface area contributed by atoms with Crippen LogP contribution in [0.5, 0.6) is 0 Å². The Morgan fingerprint density at radius 1 is 0.886 bits per heavy atom. The third kappa shape index (κ3) is 8.43. The molecule has 1 saturated carbocycles. The number of hydrogen-bond donors (Lipinski definition) is 0. The van der Waals surface area contributed by atoms with Gasteiger partial charge in [-0.3, -0.25) is 4.79 Å². The lowest BCUT2D eigenvalue weighted by Crippen LogP contribution is -2.45. The fourth-order valence-electron chi connectivity index (χ4n) is 7.07. The number of rotatable bonds is 11. The molecule has 2 saturated heterocycles. The van der Waals surface area contributed by atoms with Gasteiger partial charge in [0.25, 0.3) is 0 Å². The second-order valence-electron chi connectivity index (χ2n) is 12.8. The van der Waals surface area contributed by atoms with E-state index in [1.54, 1.807) is 18.2 Å². The van der Waals surface area contributed by atoms with Gasteiger partial charge in [0, 0.05) is 36.3 Å². The van der Waals surface area contributed by atoms with E-state index in [-0.39, 0.29) is 17.1 Å². The maximum atomic E-state index is 13.7. The summed E-state index contributed by atoms with van der Waals surface area (Å²) < 4.78 is 51.1. The summed E-state index contributed by atoms with van der Waals surface area (Å²) in [7, 11) is -6.46. The Kier molecular flexibility index (Phi) is 11.1. The van der Waals surface area contributed by atoms with E-state index in [1.165, 1.54) is 16.1 Å². The van der Waals surface area contributed by atoms with Crippen molar-refractivity contribution in [2.45, 2.75) is 74.4 Å². The minimum absolute atomic E-state index is 0.0428. The molecule has 0 N–H and O–H groups in total. The number of piperidine rings is 2. The van der Waals surface area contributed by atoms with Gasteiger partial charge in [0.05, 0.1) is 16.4 Å². The van der Waals surface area contributed by atoms with E-state index in [0.29, 0.717) is 48.3 Å². The summed E-state index contributed by atoms with van der Waals surface area (Å²) >= 11 is 6.28. The first-order chi connectivity index (χ1) is 21.0. The van der Waals surface area contributed by atoms with Crippen molar-refractivity contribution in [3.63, 3.8) is 0 Å². The van der Waals surface area contributed by atoms with Gasteiger partial charge in [-0.2, -0.15) is 0 Å². The lowest BCUT2D eigenvalue weighted by atomic mass is 9.90. The summed E-state index contributed by atoms with van der Waals surface area (Å²) in [6.07, 6.45) is 9.84. The number of anilines is 1. The number of carbonyl (C=O) groups excluding carboxylic acids is 1. The van der Waals surface area contributed by atoms with Gasteiger partial charge < -0.3 is 9.80 Å². The second-order valence-corrected chi connectivity index (χ2v) is 17.5. The van der Waals surface area contributed by atoms with Crippen LogP contribution in [0.4, 0.5) is 5.69 Å². The van der Waals surface area contributed by atoms with Gasteiger partial charge in [0.1, 0.15) is 0 Å². The molecule has 1 aliphatic carbocycles. The van der Waals surface area contributed by atoms with Crippen LogP contribution < -0.4 is 4.90 Å². The summed E-state index contributed by atoms with van der Waals surface area (Å²) in [5.74, 6) is 0.409. The van der Waals surface area contributed by atoms with Crippen molar-refractivity contribution < 1.29 is 21.6 Å². The molecule has 2 aliphatic heterocycles. The van der Waals surface area contributed by atoms with Crippen LogP contribution in [0.3, 0.4) is 0 Å². The van der Waals surface area contributed by atoms with Crippen LogP contribution in [0.25, 0.3) is 0 Å². The quantitative estimate of drug-likeness (QED) is 0.319. The normalized spacial score (nSPS) is 20.2. The standard InChI is InChI=1S/C33H46ClN3O5S2/c1-43(39,40)36-22-16-28(17-23-36)33(38)37(30-7-4-6-29(34)25-30)19-5-18-35-20-14-27(15-21-35)24-26-10-12-32(13-11-26)44(41,42)31-8-2-3-9-31/h4,6-7,10-13,25,27-28,31H,2-3,5,8-9,14-24H2,1H3.